The van der Waals surface area contributed by atoms with Crippen molar-refractivity contribution in [2.45, 2.75) is 37.7 Å². The largest absolute Gasteiger partial charge is 0.416 e. The van der Waals surface area contributed by atoms with Gasteiger partial charge in [0.05, 0.1) is 23.8 Å². The van der Waals surface area contributed by atoms with Crippen molar-refractivity contribution in [2.75, 3.05) is 6.54 Å². The van der Waals surface area contributed by atoms with Gasteiger partial charge >= 0.3 is 6.18 Å². The van der Waals surface area contributed by atoms with E-state index in [9.17, 15) is 23.1 Å². The van der Waals surface area contributed by atoms with E-state index < -0.39 is 29.9 Å². The Labute approximate surface area is 120 Å². The van der Waals surface area contributed by atoms with Gasteiger partial charge in [0.1, 0.15) is 0 Å². The van der Waals surface area contributed by atoms with Crippen LogP contribution < -0.4 is 10.6 Å². The second-order valence-electron chi connectivity index (χ2n) is 5.20. The lowest BCUT2D eigenvalue weighted by Crippen LogP contribution is -2.41. The van der Waals surface area contributed by atoms with Crippen LogP contribution in [0, 0.1) is 0 Å². The van der Waals surface area contributed by atoms with E-state index in [0.29, 0.717) is 18.5 Å². The van der Waals surface area contributed by atoms with Gasteiger partial charge < -0.3 is 15.7 Å². The normalized spacial score (nSPS) is 23.9. The molecule has 1 aliphatic heterocycles. The molecule has 0 unspecified atom stereocenters. The number of alkyl halides is 3. The van der Waals surface area contributed by atoms with Crippen LogP contribution >= 0.6 is 0 Å². The molecule has 0 bridgehead atoms. The summed E-state index contributed by atoms with van der Waals surface area (Å²) in [4.78, 5) is 11.9. The Morgan fingerprint density at radius 2 is 2.19 bits per heavy atom. The van der Waals surface area contributed by atoms with Gasteiger partial charge in [-0.1, -0.05) is 12.1 Å². The van der Waals surface area contributed by atoms with Gasteiger partial charge in [0.15, 0.2) is 0 Å². The van der Waals surface area contributed by atoms with Crippen LogP contribution in [0.5, 0.6) is 0 Å². The molecule has 0 aliphatic carbocycles. The molecule has 1 aromatic rings. The van der Waals surface area contributed by atoms with Crippen molar-refractivity contribution in [3.8, 4) is 0 Å². The third kappa shape index (κ3) is 3.95. The predicted molar refractivity (Wildman–Crippen MR) is 70.4 cm³/mol. The first-order chi connectivity index (χ1) is 9.77. The van der Waals surface area contributed by atoms with Crippen molar-refractivity contribution in [1.82, 2.24) is 10.6 Å². The number of carbonyl (C=O) groups excluding carboxylic acids is 1. The predicted octanol–water partition coefficient (Wildman–Crippen LogP) is 1.61. The van der Waals surface area contributed by atoms with Crippen molar-refractivity contribution in [3.63, 3.8) is 0 Å². The Hall–Kier alpha value is -1.60. The molecule has 4 nitrogen and oxygen atoms in total. The van der Waals surface area contributed by atoms with Crippen molar-refractivity contribution < 1.29 is 23.1 Å². The number of halogens is 3. The molecule has 1 amide bonds. The molecule has 0 radical (unpaired) electrons. The Balaban J connectivity index is 2.03. The Bertz CT molecular complexity index is 519. The highest BCUT2D eigenvalue weighted by molar-refractivity contribution is 5.82. The van der Waals surface area contributed by atoms with Crippen LogP contribution in [0.2, 0.25) is 0 Å². The van der Waals surface area contributed by atoms with Crippen LogP contribution in [0.15, 0.2) is 24.3 Å². The average molecular weight is 302 g/mol. The number of β-amino-alcohol motifs (C(OH)–C–C–N with tert-alkyl or cyclic N) is 1. The number of rotatable bonds is 3. The molecule has 1 aromatic carbocycles. The second-order valence-corrected chi connectivity index (χ2v) is 5.20. The molecule has 1 fully saturated rings. The fourth-order valence-corrected chi connectivity index (χ4v) is 2.30. The minimum Gasteiger partial charge on any atom is -0.392 e. The van der Waals surface area contributed by atoms with Crippen LogP contribution in [0.3, 0.4) is 0 Å². The molecule has 3 N–H and O–H groups in total. The number of hydrogen-bond acceptors (Lipinski definition) is 3. The monoisotopic (exact) mass is 302 g/mol. The lowest BCUT2D eigenvalue weighted by Gasteiger charge is -2.18. The third-order valence-corrected chi connectivity index (χ3v) is 3.50. The number of carbonyl (C=O) groups is 1. The number of amides is 1. The molecule has 116 valence electrons. The molecule has 1 saturated heterocycles. The van der Waals surface area contributed by atoms with Gasteiger partial charge in [0, 0.05) is 6.54 Å². The van der Waals surface area contributed by atoms with Crippen molar-refractivity contribution in [1.29, 1.82) is 0 Å². The van der Waals surface area contributed by atoms with Gasteiger partial charge in [-0.2, -0.15) is 13.2 Å². The smallest absolute Gasteiger partial charge is 0.392 e. The molecule has 0 spiro atoms. The molecule has 21 heavy (non-hydrogen) atoms. The number of benzene rings is 1. The Morgan fingerprint density at radius 3 is 2.76 bits per heavy atom. The van der Waals surface area contributed by atoms with Crippen molar-refractivity contribution in [2.24, 2.45) is 0 Å². The summed E-state index contributed by atoms with van der Waals surface area (Å²) in [6, 6.07) is 3.83. The van der Waals surface area contributed by atoms with Crippen LogP contribution in [0.1, 0.15) is 30.5 Å². The molecule has 2 rings (SSSR count). The summed E-state index contributed by atoms with van der Waals surface area (Å²) in [6.07, 6.45) is -4.66. The maximum Gasteiger partial charge on any atom is 0.416 e. The first-order valence-corrected chi connectivity index (χ1v) is 6.66. The Kier molecular flexibility index (Phi) is 4.53. The number of aliphatic hydroxyl groups is 1. The zero-order chi connectivity index (χ0) is 15.6. The summed E-state index contributed by atoms with van der Waals surface area (Å²) in [6.45, 7) is 1.97. The zero-order valence-electron chi connectivity index (χ0n) is 11.4. The first kappa shape index (κ1) is 15.8. The van der Waals surface area contributed by atoms with E-state index in [1.54, 1.807) is 6.92 Å². The standard InChI is InChI=1S/C14H17F3N2O2/c1-8(19-13(21)12-6-11(20)7-18-12)9-3-2-4-10(5-9)14(15,16)17/h2-5,8,11-12,18,20H,6-7H2,1H3,(H,19,21)/t8-,11+,12-/m0/s1. The van der Waals surface area contributed by atoms with E-state index in [4.69, 9.17) is 0 Å². The molecule has 1 heterocycles. The van der Waals surface area contributed by atoms with Gasteiger partial charge in [-0.25, -0.2) is 0 Å². The van der Waals surface area contributed by atoms with Gasteiger partial charge in [-0.05, 0) is 31.0 Å². The third-order valence-electron chi connectivity index (χ3n) is 3.50. The van der Waals surface area contributed by atoms with Crippen LogP contribution in [0.25, 0.3) is 0 Å². The highest BCUT2D eigenvalue weighted by Crippen LogP contribution is 2.30. The SMILES string of the molecule is C[C@H](NC(=O)[C@@H]1C[C@@H](O)CN1)c1cccc(C(F)(F)F)c1. The molecular weight excluding hydrogens is 285 g/mol. The van der Waals surface area contributed by atoms with Crippen molar-refractivity contribution >= 4 is 5.91 Å². The maximum atomic E-state index is 12.7. The van der Waals surface area contributed by atoms with E-state index in [1.165, 1.54) is 12.1 Å². The van der Waals surface area contributed by atoms with E-state index in [-0.39, 0.29) is 5.91 Å². The summed E-state index contributed by atoms with van der Waals surface area (Å²) in [5.41, 5.74) is -0.354. The molecular formula is C14H17F3N2O2. The fourth-order valence-electron chi connectivity index (χ4n) is 2.30. The van der Waals surface area contributed by atoms with Gasteiger partial charge in [0.2, 0.25) is 5.91 Å². The summed E-state index contributed by atoms with van der Waals surface area (Å²) in [5, 5.41) is 14.9. The summed E-state index contributed by atoms with van der Waals surface area (Å²) in [7, 11) is 0. The highest BCUT2D eigenvalue weighted by Gasteiger charge is 2.31. The topological polar surface area (TPSA) is 61.4 Å². The number of nitrogens with one attached hydrogen (secondary N) is 2. The Morgan fingerprint density at radius 1 is 1.48 bits per heavy atom. The van der Waals surface area contributed by atoms with Crippen LogP contribution in [-0.2, 0) is 11.0 Å². The lowest BCUT2D eigenvalue weighted by atomic mass is 10.0. The van der Waals surface area contributed by atoms with E-state index >= 15 is 0 Å². The molecule has 0 aromatic heterocycles. The quantitative estimate of drug-likeness (QED) is 0.795. The van der Waals surface area contributed by atoms with E-state index in [2.05, 4.69) is 10.6 Å². The van der Waals surface area contributed by atoms with E-state index in [1.807, 2.05) is 0 Å². The summed E-state index contributed by atoms with van der Waals surface area (Å²) < 4.78 is 38.0. The lowest BCUT2D eigenvalue weighted by molar-refractivity contribution is -0.137. The van der Waals surface area contributed by atoms with Gasteiger partial charge in [-0.15, -0.1) is 0 Å². The van der Waals surface area contributed by atoms with E-state index in [0.717, 1.165) is 12.1 Å². The maximum absolute atomic E-state index is 12.7. The second kappa shape index (κ2) is 6.03. The van der Waals surface area contributed by atoms with Crippen molar-refractivity contribution in [3.05, 3.63) is 35.4 Å². The molecule has 0 saturated carbocycles. The number of hydrogen-bond donors (Lipinski definition) is 3. The minimum atomic E-state index is -4.41. The van der Waals surface area contributed by atoms with Gasteiger partial charge in [-0.3, -0.25) is 4.79 Å². The van der Waals surface area contributed by atoms with Crippen LogP contribution in [0.4, 0.5) is 13.2 Å². The highest BCUT2D eigenvalue weighted by atomic mass is 19.4. The molecule has 3 atom stereocenters. The molecule has 7 heteroatoms. The van der Waals surface area contributed by atoms with Gasteiger partial charge in [0.25, 0.3) is 0 Å². The van der Waals surface area contributed by atoms with Crippen LogP contribution in [-0.4, -0.2) is 29.7 Å². The minimum absolute atomic E-state index is 0.307. The number of aliphatic hydroxyl groups excluding tert-OH is 1. The summed E-state index contributed by atoms with van der Waals surface area (Å²) in [5.74, 6) is -0.323. The zero-order valence-corrected chi connectivity index (χ0v) is 11.4. The average Bonchev–Trinajstić information content (AvgIpc) is 2.84. The fraction of sp³-hybridized carbons (Fsp3) is 0.500. The molecule has 1 aliphatic rings. The summed E-state index contributed by atoms with van der Waals surface area (Å²) >= 11 is 0. The first-order valence-electron chi connectivity index (χ1n) is 6.66.